The Kier molecular flexibility index (Phi) is 2.87. The molecule has 0 bridgehead atoms. The molecule has 0 aromatic carbocycles. The molecule has 0 aliphatic heterocycles. The number of nitrogens with zero attached hydrogens (tertiary/aromatic N) is 2. The van der Waals surface area contributed by atoms with Gasteiger partial charge in [-0.1, -0.05) is 0 Å². The average Bonchev–Trinajstić information content (AvgIpc) is 2.97. The van der Waals surface area contributed by atoms with Gasteiger partial charge in [-0.15, -0.1) is 11.3 Å². The molecule has 2 atom stereocenters. The molecule has 1 saturated carbocycles. The SMILES string of the molecule is O=C(O)[C@@H]1CC[C@H](Nc2ncnc3ccsc23)C1. The summed E-state index contributed by atoms with van der Waals surface area (Å²) in [7, 11) is 0. The van der Waals surface area contributed by atoms with Crippen LogP contribution >= 0.6 is 11.3 Å². The first-order valence-electron chi connectivity index (χ1n) is 5.91. The third kappa shape index (κ3) is 2.03. The van der Waals surface area contributed by atoms with Crippen molar-refractivity contribution in [3.63, 3.8) is 0 Å². The molecule has 1 aliphatic rings. The van der Waals surface area contributed by atoms with Crippen molar-refractivity contribution < 1.29 is 9.90 Å². The lowest BCUT2D eigenvalue weighted by Gasteiger charge is -2.13. The second-order valence-electron chi connectivity index (χ2n) is 4.55. The van der Waals surface area contributed by atoms with Gasteiger partial charge >= 0.3 is 5.97 Å². The fourth-order valence-electron chi connectivity index (χ4n) is 2.42. The van der Waals surface area contributed by atoms with Crippen LogP contribution in [0.1, 0.15) is 19.3 Å². The monoisotopic (exact) mass is 263 g/mol. The number of hydrogen-bond donors (Lipinski definition) is 2. The number of thiophene rings is 1. The number of aromatic nitrogens is 2. The minimum Gasteiger partial charge on any atom is -0.481 e. The van der Waals surface area contributed by atoms with Gasteiger partial charge in [-0.25, -0.2) is 9.97 Å². The minimum absolute atomic E-state index is 0.200. The average molecular weight is 263 g/mol. The highest BCUT2D eigenvalue weighted by Gasteiger charge is 2.30. The van der Waals surface area contributed by atoms with Gasteiger partial charge in [0.1, 0.15) is 12.1 Å². The molecule has 2 aromatic heterocycles. The molecule has 5 nitrogen and oxygen atoms in total. The fraction of sp³-hybridized carbons (Fsp3) is 0.417. The Morgan fingerprint density at radius 2 is 2.33 bits per heavy atom. The smallest absolute Gasteiger partial charge is 0.306 e. The Labute approximate surface area is 108 Å². The van der Waals surface area contributed by atoms with Crippen LogP contribution in [0, 0.1) is 5.92 Å². The third-order valence-corrected chi connectivity index (χ3v) is 4.28. The first kappa shape index (κ1) is 11.4. The Morgan fingerprint density at radius 1 is 1.44 bits per heavy atom. The number of aliphatic carboxylic acids is 1. The lowest BCUT2D eigenvalue weighted by molar-refractivity contribution is -0.141. The summed E-state index contributed by atoms with van der Waals surface area (Å²) < 4.78 is 1.04. The summed E-state index contributed by atoms with van der Waals surface area (Å²) in [5.41, 5.74) is 0.935. The summed E-state index contributed by atoms with van der Waals surface area (Å²) in [5, 5.41) is 14.3. The number of carbonyl (C=O) groups is 1. The number of carboxylic acids is 1. The Morgan fingerprint density at radius 3 is 3.11 bits per heavy atom. The zero-order valence-electron chi connectivity index (χ0n) is 9.67. The summed E-state index contributed by atoms with van der Waals surface area (Å²) in [6, 6.07) is 2.16. The van der Waals surface area contributed by atoms with Crippen molar-refractivity contribution >= 4 is 33.3 Å². The van der Waals surface area contributed by atoms with E-state index in [1.54, 1.807) is 17.7 Å². The Bertz CT molecular complexity index is 583. The molecule has 1 aliphatic carbocycles. The molecule has 3 rings (SSSR count). The number of rotatable bonds is 3. The number of carboxylic acid groups (broad SMARTS) is 1. The highest BCUT2D eigenvalue weighted by atomic mass is 32.1. The Hall–Kier alpha value is -1.69. The van der Waals surface area contributed by atoms with Gasteiger partial charge in [0.25, 0.3) is 0 Å². The third-order valence-electron chi connectivity index (χ3n) is 3.37. The van der Waals surface area contributed by atoms with Crippen molar-refractivity contribution in [1.82, 2.24) is 9.97 Å². The maximum atomic E-state index is 10.9. The molecule has 2 N–H and O–H groups in total. The van der Waals surface area contributed by atoms with Crippen LogP contribution in [0.15, 0.2) is 17.8 Å². The highest BCUT2D eigenvalue weighted by molar-refractivity contribution is 7.17. The standard InChI is InChI=1S/C12H13N3O2S/c16-12(17)7-1-2-8(5-7)15-11-10-9(3-4-18-10)13-6-14-11/h3-4,6-8H,1-2,5H2,(H,16,17)(H,13,14,15)/t7-,8+/m1/s1. The molecule has 94 valence electrons. The first-order valence-corrected chi connectivity index (χ1v) is 6.79. The summed E-state index contributed by atoms with van der Waals surface area (Å²) in [5.74, 6) is -0.0857. The van der Waals surface area contributed by atoms with Crippen LogP contribution in [0.5, 0.6) is 0 Å². The normalized spacial score (nSPS) is 23.3. The summed E-state index contributed by atoms with van der Waals surface area (Å²) >= 11 is 1.60. The van der Waals surface area contributed by atoms with Crippen LogP contribution in [0.3, 0.4) is 0 Å². The molecule has 1 fully saturated rings. The lowest BCUT2D eigenvalue weighted by Crippen LogP contribution is -2.18. The van der Waals surface area contributed by atoms with Crippen LogP contribution < -0.4 is 5.32 Å². The maximum absolute atomic E-state index is 10.9. The van der Waals surface area contributed by atoms with Crippen molar-refractivity contribution in [3.05, 3.63) is 17.8 Å². The van der Waals surface area contributed by atoms with E-state index in [2.05, 4.69) is 15.3 Å². The van der Waals surface area contributed by atoms with Crippen LogP contribution in [0.2, 0.25) is 0 Å². The van der Waals surface area contributed by atoms with Gasteiger partial charge in [0, 0.05) is 6.04 Å². The predicted molar refractivity (Wildman–Crippen MR) is 69.8 cm³/mol. The second-order valence-corrected chi connectivity index (χ2v) is 5.46. The molecule has 0 amide bonds. The van der Waals surface area contributed by atoms with E-state index >= 15 is 0 Å². The van der Waals surface area contributed by atoms with Crippen LogP contribution in [0.25, 0.3) is 10.2 Å². The fourth-order valence-corrected chi connectivity index (χ4v) is 3.22. The molecule has 0 unspecified atom stereocenters. The van der Waals surface area contributed by atoms with Gasteiger partial charge in [-0.3, -0.25) is 4.79 Å². The largest absolute Gasteiger partial charge is 0.481 e. The van der Waals surface area contributed by atoms with Crippen molar-refractivity contribution in [2.24, 2.45) is 5.92 Å². The number of nitrogens with one attached hydrogen (secondary N) is 1. The number of anilines is 1. The van der Waals surface area contributed by atoms with Crippen LogP contribution in [0.4, 0.5) is 5.82 Å². The van der Waals surface area contributed by atoms with E-state index in [0.29, 0.717) is 6.42 Å². The van der Waals surface area contributed by atoms with E-state index < -0.39 is 5.97 Å². The molecule has 2 heterocycles. The maximum Gasteiger partial charge on any atom is 0.306 e. The van der Waals surface area contributed by atoms with Gasteiger partial charge in [0.15, 0.2) is 0 Å². The van der Waals surface area contributed by atoms with Gasteiger partial charge in [0.05, 0.1) is 16.1 Å². The molecule has 6 heteroatoms. The second kappa shape index (κ2) is 4.53. The molecule has 18 heavy (non-hydrogen) atoms. The quantitative estimate of drug-likeness (QED) is 0.889. The molecule has 0 radical (unpaired) electrons. The predicted octanol–water partition coefficient (Wildman–Crippen LogP) is 2.36. The minimum atomic E-state index is -0.691. The molecule has 0 spiro atoms. The van der Waals surface area contributed by atoms with Crippen molar-refractivity contribution in [3.8, 4) is 0 Å². The van der Waals surface area contributed by atoms with Crippen molar-refractivity contribution in [2.45, 2.75) is 25.3 Å². The number of fused-ring (bicyclic) bond motifs is 1. The molecule has 0 saturated heterocycles. The summed E-state index contributed by atoms with van der Waals surface area (Å²) in [4.78, 5) is 19.4. The topological polar surface area (TPSA) is 75.1 Å². The van der Waals surface area contributed by atoms with Gasteiger partial charge < -0.3 is 10.4 Å². The zero-order valence-corrected chi connectivity index (χ0v) is 10.5. The molecule has 2 aromatic rings. The van der Waals surface area contributed by atoms with Crippen LogP contribution in [-0.2, 0) is 4.79 Å². The van der Waals surface area contributed by atoms with E-state index in [4.69, 9.17) is 5.11 Å². The summed E-state index contributed by atoms with van der Waals surface area (Å²) in [6.45, 7) is 0. The van der Waals surface area contributed by atoms with E-state index in [9.17, 15) is 4.79 Å². The molecular weight excluding hydrogens is 250 g/mol. The van der Waals surface area contributed by atoms with E-state index in [-0.39, 0.29) is 12.0 Å². The van der Waals surface area contributed by atoms with Gasteiger partial charge in [-0.2, -0.15) is 0 Å². The number of hydrogen-bond acceptors (Lipinski definition) is 5. The van der Waals surface area contributed by atoms with Gasteiger partial charge in [0.2, 0.25) is 0 Å². The first-order chi connectivity index (χ1) is 8.74. The highest BCUT2D eigenvalue weighted by Crippen LogP contribution is 2.31. The van der Waals surface area contributed by atoms with E-state index in [0.717, 1.165) is 28.9 Å². The summed E-state index contributed by atoms with van der Waals surface area (Å²) in [6.07, 6.45) is 3.84. The van der Waals surface area contributed by atoms with Crippen molar-refractivity contribution in [2.75, 3.05) is 5.32 Å². The van der Waals surface area contributed by atoms with E-state index in [1.807, 2.05) is 11.4 Å². The van der Waals surface area contributed by atoms with Gasteiger partial charge in [-0.05, 0) is 30.7 Å². The van der Waals surface area contributed by atoms with E-state index in [1.165, 1.54) is 0 Å². The zero-order chi connectivity index (χ0) is 12.5. The van der Waals surface area contributed by atoms with Crippen LogP contribution in [-0.4, -0.2) is 27.1 Å². The van der Waals surface area contributed by atoms with Crippen molar-refractivity contribution in [1.29, 1.82) is 0 Å². The molecular formula is C12H13N3O2S. The lowest BCUT2D eigenvalue weighted by atomic mass is 10.1. The Balaban J connectivity index is 1.77.